The molecule has 0 amide bonds. The highest BCUT2D eigenvalue weighted by Gasteiger charge is 2.68. The molecule has 8 fully saturated rings. The number of carbonyl (C=O) groups excluding carboxylic acids is 4. The van der Waals surface area contributed by atoms with Crippen molar-refractivity contribution in [1.82, 2.24) is 0 Å². The number of aliphatic hydroxyl groups excluding tert-OH is 2. The van der Waals surface area contributed by atoms with Crippen LogP contribution in [0.4, 0.5) is 0 Å². The van der Waals surface area contributed by atoms with Gasteiger partial charge in [0.15, 0.2) is 35.3 Å². The smallest absolute Gasteiger partial charge is 0.339 e. The highest BCUT2D eigenvalue weighted by molar-refractivity contribution is 5.98. The van der Waals surface area contributed by atoms with Crippen molar-refractivity contribution in [1.29, 1.82) is 0 Å². The van der Waals surface area contributed by atoms with Gasteiger partial charge in [0.1, 0.15) is 48.3 Å². The van der Waals surface area contributed by atoms with Gasteiger partial charge >= 0.3 is 11.9 Å². The Morgan fingerprint density at radius 1 is 0.806 bits per heavy atom. The van der Waals surface area contributed by atoms with Gasteiger partial charge in [0.2, 0.25) is 5.79 Å². The van der Waals surface area contributed by atoms with Gasteiger partial charge in [0.05, 0.1) is 36.4 Å². The molecule has 0 aliphatic carbocycles. The first-order valence-corrected chi connectivity index (χ1v) is 26.5. The maximum Gasteiger partial charge on any atom is 0.339 e. The van der Waals surface area contributed by atoms with Crippen LogP contribution in [0.1, 0.15) is 142 Å². The molecule has 9 aliphatic heterocycles. The summed E-state index contributed by atoms with van der Waals surface area (Å²) in [7, 11) is 0. The van der Waals surface area contributed by atoms with Gasteiger partial charge in [-0.25, -0.2) is 4.79 Å². The number of carbonyl (C=O) groups is 4. The van der Waals surface area contributed by atoms with E-state index in [-0.39, 0.29) is 62.1 Å². The van der Waals surface area contributed by atoms with Gasteiger partial charge in [0.25, 0.3) is 0 Å². The van der Waals surface area contributed by atoms with Crippen LogP contribution in [0.2, 0.25) is 0 Å². The van der Waals surface area contributed by atoms with Crippen LogP contribution in [-0.2, 0) is 61.8 Å². The Kier molecular flexibility index (Phi) is 14.2. The fourth-order valence-electron chi connectivity index (χ4n) is 13.4. The molecule has 10 bridgehead atoms. The molecule has 0 unspecified atom stereocenters. The quantitative estimate of drug-likeness (QED) is 0.239. The van der Waals surface area contributed by atoms with E-state index in [0.717, 1.165) is 5.57 Å². The second-order valence-electron chi connectivity index (χ2n) is 23.2. The van der Waals surface area contributed by atoms with Crippen molar-refractivity contribution in [3.63, 3.8) is 0 Å². The van der Waals surface area contributed by atoms with Gasteiger partial charge in [-0.05, 0) is 90.9 Å². The lowest BCUT2D eigenvalue weighted by Gasteiger charge is -2.46. The number of hydrogen-bond donors (Lipinski definition) is 3. The first-order valence-electron chi connectivity index (χ1n) is 26.5. The number of esters is 2. The number of hydrogen-bond acceptors (Lipinski definition) is 17. The minimum Gasteiger partial charge on any atom is -0.459 e. The molecule has 9 heterocycles. The Labute approximate surface area is 421 Å². The molecule has 1 aromatic carbocycles. The zero-order chi connectivity index (χ0) is 51.0. The molecule has 10 rings (SSSR count). The average Bonchev–Trinajstić information content (AvgIpc) is 4.18. The van der Waals surface area contributed by atoms with Crippen LogP contribution < -0.4 is 0 Å². The van der Waals surface area contributed by atoms with Crippen molar-refractivity contribution >= 4 is 23.5 Å². The monoisotopic (exact) mass is 1010 g/mol. The minimum atomic E-state index is -2.00. The Balaban J connectivity index is 0.943. The molecule has 0 radical (unpaired) electrons. The Bertz CT molecular complexity index is 2290. The second kappa shape index (κ2) is 19.6. The van der Waals surface area contributed by atoms with E-state index in [9.17, 15) is 34.5 Å². The van der Waals surface area contributed by atoms with E-state index in [4.69, 9.17) is 47.4 Å². The minimum absolute atomic E-state index is 0.00146. The molecule has 72 heavy (non-hydrogen) atoms. The third-order valence-corrected chi connectivity index (χ3v) is 17.4. The Morgan fingerprint density at radius 2 is 1.58 bits per heavy atom. The van der Waals surface area contributed by atoms with Crippen molar-refractivity contribution in [2.75, 3.05) is 13.2 Å². The van der Waals surface area contributed by atoms with Gasteiger partial charge in [-0.15, -0.1) is 0 Å². The highest BCUT2D eigenvalue weighted by Crippen LogP contribution is 2.56. The molecule has 1 aromatic rings. The molecule has 17 nitrogen and oxygen atoms in total. The predicted octanol–water partition coefficient (Wildman–Crippen LogP) is 5.66. The summed E-state index contributed by atoms with van der Waals surface area (Å²) in [5.74, 6) is -7.44. The normalized spacial score (nSPS) is 48.8. The highest BCUT2D eigenvalue weighted by atomic mass is 16.8. The van der Waals surface area contributed by atoms with Gasteiger partial charge < -0.3 is 62.7 Å². The summed E-state index contributed by atoms with van der Waals surface area (Å²) in [6, 6.07) is 8.58. The maximum absolute atomic E-state index is 14.4. The molecule has 0 aromatic heterocycles. The van der Waals surface area contributed by atoms with E-state index in [1.807, 2.05) is 32.9 Å². The number of Topliss-reactive ketones (excluding diaryl/α,β-unsaturated/α-hetero) is 2. The summed E-state index contributed by atoms with van der Waals surface area (Å²) in [4.78, 5) is 55.9. The molecule has 3 N–H and O–H groups in total. The third kappa shape index (κ3) is 9.71. The van der Waals surface area contributed by atoms with Crippen molar-refractivity contribution in [3.8, 4) is 0 Å². The summed E-state index contributed by atoms with van der Waals surface area (Å²) >= 11 is 0. The van der Waals surface area contributed by atoms with Gasteiger partial charge in [-0.2, -0.15) is 0 Å². The van der Waals surface area contributed by atoms with E-state index in [1.54, 1.807) is 44.2 Å². The van der Waals surface area contributed by atoms with Crippen LogP contribution in [0, 0.1) is 17.8 Å². The molecule has 396 valence electrons. The number of fused-ring (bicyclic) bond motifs is 10. The summed E-state index contributed by atoms with van der Waals surface area (Å²) in [6.45, 7) is 11.1. The van der Waals surface area contributed by atoms with Crippen LogP contribution in [0.15, 0.2) is 54.1 Å². The molecule has 8 saturated heterocycles. The van der Waals surface area contributed by atoms with Crippen LogP contribution in [-0.4, -0.2) is 147 Å². The lowest BCUT2D eigenvalue weighted by Crippen LogP contribution is -2.60. The summed E-state index contributed by atoms with van der Waals surface area (Å²) < 4.78 is 65.0. The first kappa shape index (κ1) is 52.0. The Morgan fingerprint density at radius 3 is 2.38 bits per heavy atom. The molecule has 9 aliphatic rings. The van der Waals surface area contributed by atoms with Crippen LogP contribution in [0.25, 0.3) is 0 Å². The fraction of sp³-hybridized carbons (Fsp3) is 0.745. The van der Waals surface area contributed by atoms with Crippen LogP contribution in [0.3, 0.4) is 0 Å². The average molecular weight is 1010 g/mol. The van der Waals surface area contributed by atoms with E-state index in [0.29, 0.717) is 63.4 Å². The molecule has 0 saturated carbocycles. The van der Waals surface area contributed by atoms with Crippen LogP contribution >= 0.6 is 0 Å². The third-order valence-electron chi connectivity index (χ3n) is 17.4. The Hall–Kier alpha value is -3.46. The van der Waals surface area contributed by atoms with Gasteiger partial charge in [-0.3, -0.25) is 14.4 Å². The molecular formula is C55H74O17. The van der Waals surface area contributed by atoms with Crippen molar-refractivity contribution in [2.45, 2.75) is 227 Å². The summed E-state index contributed by atoms with van der Waals surface area (Å²) in [5.41, 5.74) is -2.32. The van der Waals surface area contributed by atoms with Crippen molar-refractivity contribution in [2.24, 2.45) is 17.8 Å². The van der Waals surface area contributed by atoms with E-state index in [1.165, 1.54) is 0 Å². The van der Waals surface area contributed by atoms with Gasteiger partial charge in [-0.1, -0.05) is 68.0 Å². The number of allylic oxidation sites excluding steroid dienone is 3. The SMILES string of the molecule is CC1=C\[C@H](C)C[C@@]2(C)CC[C@@H](O2)[C@@]23CC[C@@](C(=O)OCC(=O)c4ccccc4)(C[C@@H](O2)[C@H]2O[C@](C)(CC2=O)[C@@H](O)[C@@H]2CC[C@]4(CCC[C@H](O4)[C@@H](C)C(=O)O[C@@H]4C[C@@H]([C@@]5(O)OCC[C@@H](C)[C@H]5O)O[C@@H]4\C=C\1)O2)O3. The van der Waals surface area contributed by atoms with E-state index in [2.05, 4.69) is 13.0 Å². The number of aliphatic hydroxyl groups is 3. The number of benzene rings is 1. The second-order valence-corrected chi connectivity index (χ2v) is 23.2. The maximum atomic E-state index is 14.4. The van der Waals surface area contributed by atoms with E-state index < -0.39 is 120 Å². The summed E-state index contributed by atoms with van der Waals surface area (Å²) in [5, 5.41) is 35.1. The topological polar surface area (TPSA) is 221 Å². The standard InChI is InChI=1S/C55H74O17/c1-31-14-15-39-41(26-44(65-39)55(62)46(58)33(3)18-24-64-55)66-48(60)34(4)38-13-10-19-53(67-38)21-16-40(68-53)47(59)51(6)28-36(56)45(71-51)42-29-52(49(61)63-30-37(57)35-11-8-7-9-12-35)22-23-54(69-42,72-52)43-17-20-50(5,70-43)27-32(2)25-31/h7-9,11-12,14-15,25,32-34,38-47,58-59,62H,10,13,16-24,26-30H2,1-6H3/b15-14+,31-25+/t32-,33+,34+,38-,39+,40-,41+,42+,43+,44-,45-,46+,47-,50+,51+,52-,53-,54-,55+/m0/s1. The zero-order valence-corrected chi connectivity index (χ0v) is 42.5. The molecule has 2 spiro atoms. The lowest BCUT2D eigenvalue weighted by atomic mass is 9.87. The lowest BCUT2D eigenvalue weighted by molar-refractivity contribution is -0.358. The molecule has 19 atom stereocenters. The number of ether oxygens (including phenoxy) is 10. The number of ketones is 2. The van der Waals surface area contributed by atoms with Crippen molar-refractivity contribution < 1.29 is 81.9 Å². The van der Waals surface area contributed by atoms with Crippen molar-refractivity contribution in [3.05, 3.63) is 59.7 Å². The largest absolute Gasteiger partial charge is 0.459 e. The fourth-order valence-corrected chi connectivity index (χ4v) is 13.4. The van der Waals surface area contributed by atoms with E-state index >= 15 is 0 Å². The zero-order valence-electron chi connectivity index (χ0n) is 42.5. The van der Waals surface area contributed by atoms with Gasteiger partial charge in [0, 0.05) is 44.1 Å². The predicted molar refractivity (Wildman–Crippen MR) is 254 cm³/mol. The first-order chi connectivity index (χ1) is 34.2. The molecule has 17 heteroatoms. The number of rotatable bonds is 5. The molecular weight excluding hydrogens is 933 g/mol. The van der Waals surface area contributed by atoms with Crippen LogP contribution in [0.5, 0.6) is 0 Å². The summed E-state index contributed by atoms with van der Waals surface area (Å²) in [6.07, 6.45) is 1.84.